The van der Waals surface area contributed by atoms with Crippen molar-refractivity contribution in [3.8, 4) is 5.75 Å². The summed E-state index contributed by atoms with van der Waals surface area (Å²) in [6.07, 6.45) is 0. The van der Waals surface area contributed by atoms with E-state index in [9.17, 15) is 5.11 Å². The minimum Gasteiger partial charge on any atom is -0.496 e. The molecule has 1 atom stereocenters. The number of benzene rings is 1. The molecular weight excluding hydrogens is 244 g/mol. The molecule has 2 nitrogen and oxygen atoms in total. The molecule has 0 aliphatic rings. The summed E-state index contributed by atoms with van der Waals surface area (Å²) in [6.45, 7) is 5.85. The van der Waals surface area contributed by atoms with Crippen molar-refractivity contribution < 1.29 is 9.84 Å². The lowest BCUT2D eigenvalue weighted by Gasteiger charge is -2.26. The third kappa shape index (κ3) is 2.16. The zero-order valence-electron chi connectivity index (χ0n) is 11.2. The molecule has 96 valence electrons. The van der Waals surface area contributed by atoms with Crippen LogP contribution in [-0.4, -0.2) is 12.2 Å². The molecule has 1 aromatic heterocycles. The molecule has 3 heteroatoms. The molecule has 0 amide bonds. The summed E-state index contributed by atoms with van der Waals surface area (Å²) >= 11 is 1.57. The Labute approximate surface area is 112 Å². The normalized spacial score (nSPS) is 14.3. The van der Waals surface area contributed by atoms with Gasteiger partial charge in [-0.2, -0.15) is 0 Å². The molecule has 0 fully saturated rings. The predicted octanol–water partition coefficient (Wildman–Crippen LogP) is 3.63. The monoisotopic (exact) mass is 262 g/mol. The minimum absolute atomic E-state index is 0.721. The van der Waals surface area contributed by atoms with E-state index in [1.54, 1.807) is 18.4 Å². The van der Waals surface area contributed by atoms with Crippen LogP contribution in [0.5, 0.6) is 5.75 Å². The molecule has 0 saturated heterocycles. The Bertz CT molecular complexity index is 555. The Morgan fingerprint density at radius 2 is 1.94 bits per heavy atom. The molecule has 0 bridgehead atoms. The second-order valence-corrected chi connectivity index (χ2v) is 5.62. The summed E-state index contributed by atoms with van der Waals surface area (Å²) in [7, 11) is 1.63. The Kier molecular flexibility index (Phi) is 3.46. The molecule has 2 aromatic rings. The number of hydrogen-bond donors (Lipinski definition) is 1. The lowest BCUT2D eigenvalue weighted by Crippen LogP contribution is -2.23. The number of methoxy groups -OCH3 is 1. The first kappa shape index (κ1) is 13.1. The first-order chi connectivity index (χ1) is 8.46. The highest BCUT2D eigenvalue weighted by Gasteiger charge is 2.31. The van der Waals surface area contributed by atoms with E-state index in [0.717, 1.165) is 27.3 Å². The Morgan fingerprint density at radius 1 is 1.22 bits per heavy atom. The van der Waals surface area contributed by atoms with Gasteiger partial charge in [-0.3, -0.25) is 0 Å². The summed E-state index contributed by atoms with van der Waals surface area (Å²) in [5, 5.41) is 12.9. The van der Waals surface area contributed by atoms with Gasteiger partial charge in [0.05, 0.1) is 7.11 Å². The maximum atomic E-state index is 10.9. The van der Waals surface area contributed by atoms with Gasteiger partial charge in [0.2, 0.25) is 0 Å². The minimum atomic E-state index is -1.02. The fourth-order valence-electron chi connectivity index (χ4n) is 2.20. The zero-order valence-corrected chi connectivity index (χ0v) is 12.0. The average molecular weight is 262 g/mol. The zero-order chi connectivity index (χ0) is 13.3. The highest BCUT2D eigenvalue weighted by atomic mass is 32.1. The van der Waals surface area contributed by atoms with E-state index in [4.69, 9.17) is 4.74 Å². The molecule has 1 unspecified atom stereocenters. The highest BCUT2D eigenvalue weighted by Crippen LogP contribution is 2.39. The molecule has 0 aliphatic carbocycles. The molecule has 1 heterocycles. The van der Waals surface area contributed by atoms with Crippen LogP contribution in [0.15, 0.2) is 29.6 Å². The number of thiophene rings is 1. The van der Waals surface area contributed by atoms with E-state index in [1.165, 1.54) is 0 Å². The second kappa shape index (κ2) is 4.75. The average Bonchev–Trinajstić information content (AvgIpc) is 2.76. The molecule has 1 aromatic carbocycles. The number of aliphatic hydroxyl groups is 1. The van der Waals surface area contributed by atoms with Crippen LogP contribution in [0, 0.1) is 13.8 Å². The van der Waals surface area contributed by atoms with Crippen molar-refractivity contribution >= 4 is 11.3 Å². The van der Waals surface area contributed by atoms with Gasteiger partial charge >= 0.3 is 0 Å². The molecule has 2 rings (SSSR count). The van der Waals surface area contributed by atoms with Crippen LogP contribution in [0.4, 0.5) is 0 Å². The van der Waals surface area contributed by atoms with Gasteiger partial charge in [0.1, 0.15) is 11.4 Å². The first-order valence-electron chi connectivity index (χ1n) is 5.89. The van der Waals surface area contributed by atoms with Crippen molar-refractivity contribution in [1.82, 2.24) is 0 Å². The smallest absolute Gasteiger partial charge is 0.125 e. The van der Waals surface area contributed by atoms with Gasteiger partial charge < -0.3 is 9.84 Å². The van der Waals surface area contributed by atoms with Crippen LogP contribution in [-0.2, 0) is 5.60 Å². The van der Waals surface area contributed by atoms with Crippen LogP contribution < -0.4 is 4.74 Å². The molecule has 0 radical (unpaired) electrons. The van der Waals surface area contributed by atoms with Crippen LogP contribution >= 0.6 is 11.3 Å². The third-order valence-corrected chi connectivity index (χ3v) is 4.41. The van der Waals surface area contributed by atoms with E-state index in [-0.39, 0.29) is 0 Å². The Hall–Kier alpha value is -1.32. The molecule has 0 spiro atoms. The number of rotatable bonds is 3. The fourth-order valence-corrected chi connectivity index (χ4v) is 3.20. The Morgan fingerprint density at radius 3 is 2.50 bits per heavy atom. The summed E-state index contributed by atoms with van der Waals surface area (Å²) < 4.78 is 5.37. The Balaban J connectivity index is 2.60. The number of hydrogen-bond acceptors (Lipinski definition) is 3. The topological polar surface area (TPSA) is 29.5 Å². The van der Waals surface area contributed by atoms with Crippen LogP contribution in [0.3, 0.4) is 0 Å². The van der Waals surface area contributed by atoms with E-state index in [2.05, 4.69) is 0 Å². The molecule has 18 heavy (non-hydrogen) atoms. The predicted molar refractivity (Wildman–Crippen MR) is 75.5 cm³/mol. The van der Waals surface area contributed by atoms with Gasteiger partial charge in [-0.05, 0) is 49.9 Å². The fraction of sp³-hybridized carbons (Fsp3) is 0.333. The largest absolute Gasteiger partial charge is 0.496 e. The van der Waals surface area contributed by atoms with Gasteiger partial charge in [-0.15, -0.1) is 11.3 Å². The van der Waals surface area contributed by atoms with Gasteiger partial charge in [0, 0.05) is 10.4 Å². The van der Waals surface area contributed by atoms with Crippen LogP contribution in [0.1, 0.15) is 28.5 Å². The molecule has 0 saturated carbocycles. The third-order valence-electron chi connectivity index (χ3n) is 3.18. The van der Waals surface area contributed by atoms with Gasteiger partial charge in [-0.1, -0.05) is 11.6 Å². The van der Waals surface area contributed by atoms with Crippen LogP contribution in [0.25, 0.3) is 0 Å². The van der Waals surface area contributed by atoms with Crippen molar-refractivity contribution in [2.45, 2.75) is 26.4 Å². The maximum Gasteiger partial charge on any atom is 0.125 e. The summed E-state index contributed by atoms with van der Waals surface area (Å²) in [4.78, 5) is 0.964. The maximum absolute atomic E-state index is 10.9. The lowest BCUT2D eigenvalue weighted by molar-refractivity contribution is 0.102. The van der Waals surface area contributed by atoms with Crippen molar-refractivity contribution in [3.63, 3.8) is 0 Å². The standard InChI is InChI=1S/C15H18O2S/c1-10-5-6-13(17-4)12(9-10)15(3,16)14-11(2)7-8-18-14/h5-9,16H,1-4H3. The number of ether oxygens (including phenoxy) is 1. The van der Waals surface area contributed by atoms with Gasteiger partial charge in [0.15, 0.2) is 0 Å². The van der Waals surface area contributed by atoms with Gasteiger partial charge in [0.25, 0.3) is 0 Å². The molecule has 0 aliphatic heterocycles. The summed E-state index contributed by atoms with van der Waals surface area (Å²) in [5.41, 5.74) is 2.01. The quantitative estimate of drug-likeness (QED) is 0.915. The van der Waals surface area contributed by atoms with Crippen molar-refractivity contribution in [3.05, 3.63) is 51.2 Å². The van der Waals surface area contributed by atoms with Crippen molar-refractivity contribution in [2.75, 3.05) is 7.11 Å². The summed E-state index contributed by atoms with van der Waals surface area (Å²) in [6, 6.07) is 7.90. The first-order valence-corrected chi connectivity index (χ1v) is 6.77. The number of aryl methyl sites for hydroxylation is 2. The SMILES string of the molecule is COc1ccc(C)cc1C(C)(O)c1sccc1C. The summed E-state index contributed by atoms with van der Waals surface area (Å²) in [5.74, 6) is 0.721. The van der Waals surface area contributed by atoms with E-state index in [0.29, 0.717) is 0 Å². The van der Waals surface area contributed by atoms with E-state index >= 15 is 0 Å². The van der Waals surface area contributed by atoms with Crippen molar-refractivity contribution in [2.24, 2.45) is 0 Å². The van der Waals surface area contributed by atoms with E-state index < -0.39 is 5.60 Å². The van der Waals surface area contributed by atoms with Crippen LogP contribution in [0.2, 0.25) is 0 Å². The highest BCUT2D eigenvalue weighted by molar-refractivity contribution is 7.10. The molecular formula is C15H18O2S. The van der Waals surface area contributed by atoms with Crippen molar-refractivity contribution in [1.29, 1.82) is 0 Å². The second-order valence-electron chi connectivity index (χ2n) is 4.71. The molecule has 1 N–H and O–H groups in total. The van der Waals surface area contributed by atoms with E-state index in [1.807, 2.05) is 50.4 Å². The van der Waals surface area contributed by atoms with Gasteiger partial charge in [-0.25, -0.2) is 0 Å². The lowest BCUT2D eigenvalue weighted by atomic mass is 9.90.